The van der Waals surface area contributed by atoms with Crippen LogP contribution in [0.1, 0.15) is 31.4 Å². The molecule has 2 aromatic rings. The van der Waals surface area contributed by atoms with Crippen LogP contribution in [-0.4, -0.2) is 58.2 Å². The Kier molecular flexibility index (Phi) is 3.29. The third-order valence-electron chi connectivity index (χ3n) is 5.51. The number of hydrogen-bond donors (Lipinski definition) is 1. The summed E-state index contributed by atoms with van der Waals surface area (Å²) >= 11 is 0. The number of fused-ring (bicyclic) bond motifs is 3. The Morgan fingerprint density at radius 1 is 1.17 bits per heavy atom. The summed E-state index contributed by atoms with van der Waals surface area (Å²) in [5.74, 6) is 0.915. The largest absolute Gasteiger partial charge is 0.383 e. The Balaban J connectivity index is 1.58. The Bertz CT molecular complexity index is 743. The van der Waals surface area contributed by atoms with Crippen molar-refractivity contribution < 1.29 is 14.6 Å². The van der Waals surface area contributed by atoms with E-state index in [1.165, 1.54) is 0 Å². The first-order valence-electron chi connectivity index (χ1n) is 8.77. The van der Waals surface area contributed by atoms with Crippen molar-refractivity contribution in [1.29, 1.82) is 0 Å². The van der Waals surface area contributed by atoms with Gasteiger partial charge in [-0.2, -0.15) is 5.10 Å². The monoisotopic (exact) mass is 330 g/mol. The topological polar surface area (TPSA) is 72.1 Å². The maximum Gasteiger partial charge on any atom is 0.157 e. The minimum absolute atomic E-state index is 0.307. The summed E-state index contributed by atoms with van der Waals surface area (Å²) in [6, 6.07) is 3.90. The van der Waals surface area contributed by atoms with Crippen LogP contribution in [0, 0.1) is 0 Å². The zero-order chi connectivity index (χ0) is 16.1. The summed E-state index contributed by atoms with van der Waals surface area (Å²) in [5, 5.41) is 15.6. The SMILES string of the molecule is OC1(c2cc(N3CC4CCC(C3)O4)nc3ccnn23)CCOCC1. The van der Waals surface area contributed by atoms with E-state index in [2.05, 4.69) is 10.00 Å². The van der Waals surface area contributed by atoms with Crippen molar-refractivity contribution >= 4 is 11.5 Å². The van der Waals surface area contributed by atoms with E-state index in [0.29, 0.717) is 38.3 Å². The van der Waals surface area contributed by atoms with Gasteiger partial charge in [-0.15, -0.1) is 0 Å². The van der Waals surface area contributed by atoms with Crippen LogP contribution in [0.4, 0.5) is 5.82 Å². The Hall–Kier alpha value is -1.70. The molecular formula is C17H22N4O3. The summed E-state index contributed by atoms with van der Waals surface area (Å²) in [6.45, 7) is 2.88. The molecule has 2 atom stereocenters. The van der Waals surface area contributed by atoms with Gasteiger partial charge in [-0.05, 0) is 12.8 Å². The second-order valence-electron chi connectivity index (χ2n) is 7.11. The second-order valence-corrected chi connectivity index (χ2v) is 7.11. The van der Waals surface area contributed by atoms with Crippen LogP contribution in [0.25, 0.3) is 5.65 Å². The molecule has 24 heavy (non-hydrogen) atoms. The molecule has 3 saturated heterocycles. The predicted molar refractivity (Wildman–Crippen MR) is 87.0 cm³/mol. The molecule has 2 unspecified atom stereocenters. The molecule has 5 heterocycles. The maximum atomic E-state index is 11.2. The molecule has 1 N–H and O–H groups in total. The van der Waals surface area contributed by atoms with Gasteiger partial charge >= 0.3 is 0 Å². The van der Waals surface area contributed by atoms with Gasteiger partial charge < -0.3 is 19.5 Å². The average Bonchev–Trinajstić information content (AvgIpc) is 3.20. The fraction of sp³-hybridized carbons (Fsp3) is 0.647. The van der Waals surface area contributed by atoms with E-state index in [4.69, 9.17) is 14.5 Å². The lowest BCUT2D eigenvalue weighted by Crippen LogP contribution is -2.43. The summed E-state index contributed by atoms with van der Waals surface area (Å²) in [5.41, 5.74) is 0.682. The summed E-state index contributed by atoms with van der Waals surface area (Å²) < 4.78 is 13.1. The molecule has 0 spiro atoms. The lowest BCUT2D eigenvalue weighted by atomic mass is 9.90. The molecule has 7 nitrogen and oxygen atoms in total. The van der Waals surface area contributed by atoms with Crippen LogP contribution in [0.15, 0.2) is 18.3 Å². The van der Waals surface area contributed by atoms with Crippen molar-refractivity contribution in [2.24, 2.45) is 0 Å². The highest BCUT2D eigenvalue weighted by Crippen LogP contribution is 2.35. The van der Waals surface area contributed by atoms with Crippen LogP contribution in [0.3, 0.4) is 0 Å². The molecule has 3 aliphatic heterocycles. The van der Waals surface area contributed by atoms with E-state index < -0.39 is 5.60 Å². The highest BCUT2D eigenvalue weighted by atomic mass is 16.5. The molecule has 0 radical (unpaired) electrons. The minimum Gasteiger partial charge on any atom is -0.383 e. The average molecular weight is 330 g/mol. The molecule has 128 valence electrons. The van der Waals surface area contributed by atoms with Crippen molar-refractivity contribution in [3.05, 3.63) is 24.0 Å². The second kappa shape index (κ2) is 5.40. The molecule has 5 rings (SSSR count). The number of rotatable bonds is 2. The third kappa shape index (κ3) is 2.30. The molecule has 0 amide bonds. The molecule has 0 saturated carbocycles. The van der Waals surface area contributed by atoms with E-state index in [1.807, 2.05) is 12.1 Å². The molecule has 7 heteroatoms. The maximum absolute atomic E-state index is 11.2. The van der Waals surface area contributed by atoms with Gasteiger partial charge in [0.25, 0.3) is 0 Å². The minimum atomic E-state index is -0.911. The molecule has 3 fully saturated rings. The van der Waals surface area contributed by atoms with Crippen molar-refractivity contribution in [2.45, 2.75) is 43.5 Å². The van der Waals surface area contributed by atoms with Crippen LogP contribution >= 0.6 is 0 Å². The molecule has 3 aliphatic rings. The van der Waals surface area contributed by atoms with Crippen molar-refractivity contribution in [1.82, 2.24) is 14.6 Å². The Labute approximate surface area is 140 Å². The first-order valence-corrected chi connectivity index (χ1v) is 8.77. The fourth-order valence-corrected chi connectivity index (χ4v) is 4.16. The van der Waals surface area contributed by atoms with Crippen LogP contribution in [-0.2, 0) is 15.1 Å². The van der Waals surface area contributed by atoms with Crippen molar-refractivity contribution in [3.63, 3.8) is 0 Å². The zero-order valence-corrected chi connectivity index (χ0v) is 13.6. The standard InChI is InChI=1S/C17H22N4O3/c22-17(4-7-23-8-5-17)14-9-16(19-15-3-6-18-21(14)15)20-10-12-1-2-13(11-20)24-12/h3,6,9,12-13,22H,1-2,4-5,7-8,10-11H2. The zero-order valence-electron chi connectivity index (χ0n) is 13.6. The summed E-state index contributed by atoms with van der Waals surface area (Å²) in [7, 11) is 0. The van der Waals surface area contributed by atoms with Gasteiger partial charge in [-0.25, -0.2) is 9.50 Å². The highest BCUT2D eigenvalue weighted by molar-refractivity contribution is 5.51. The van der Waals surface area contributed by atoms with Crippen LogP contribution in [0.5, 0.6) is 0 Å². The fourth-order valence-electron chi connectivity index (χ4n) is 4.16. The first-order chi connectivity index (χ1) is 11.7. The van der Waals surface area contributed by atoms with Crippen LogP contribution in [0.2, 0.25) is 0 Å². The van der Waals surface area contributed by atoms with Crippen LogP contribution < -0.4 is 4.90 Å². The number of hydrogen-bond acceptors (Lipinski definition) is 6. The van der Waals surface area contributed by atoms with E-state index in [1.54, 1.807) is 10.7 Å². The van der Waals surface area contributed by atoms with Gasteiger partial charge in [0.1, 0.15) is 11.4 Å². The van der Waals surface area contributed by atoms with Crippen molar-refractivity contribution in [2.75, 3.05) is 31.2 Å². The van der Waals surface area contributed by atoms with E-state index in [0.717, 1.165) is 43.1 Å². The van der Waals surface area contributed by atoms with Crippen molar-refractivity contribution in [3.8, 4) is 0 Å². The highest BCUT2D eigenvalue weighted by Gasteiger charge is 2.37. The Morgan fingerprint density at radius 2 is 1.92 bits per heavy atom. The van der Waals surface area contributed by atoms with Gasteiger partial charge in [0, 0.05) is 51.3 Å². The van der Waals surface area contributed by atoms with E-state index in [-0.39, 0.29) is 0 Å². The number of morpholine rings is 1. The smallest absolute Gasteiger partial charge is 0.157 e. The molecule has 0 aromatic carbocycles. The number of ether oxygens (including phenoxy) is 2. The number of aliphatic hydroxyl groups is 1. The normalized spacial score (nSPS) is 29.3. The van der Waals surface area contributed by atoms with Gasteiger partial charge in [-0.1, -0.05) is 0 Å². The number of aromatic nitrogens is 3. The number of anilines is 1. The summed E-state index contributed by atoms with van der Waals surface area (Å²) in [4.78, 5) is 7.07. The lowest BCUT2D eigenvalue weighted by Gasteiger charge is -2.35. The third-order valence-corrected chi connectivity index (χ3v) is 5.51. The van der Waals surface area contributed by atoms with Gasteiger partial charge in [0.05, 0.1) is 24.1 Å². The molecule has 2 bridgehead atoms. The molecule has 0 aliphatic carbocycles. The van der Waals surface area contributed by atoms with Gasteiger partial charge in [0.15, 0.2) is 5.65 Å². The lowest BCUT2D eigenvalue weighted by molar-refractivity contribution is -0.0717. The molecule has 2 aromatic heterocycles. The summed E-state index contributed by atoms with van der Waals surface area (Å²) in [6.07, 6.45) is 5.78. The van der Waals surface area contributed by atoms with E-state index in [9.17, 15) is 5.11 Å². The van der Waals surface area contributed by atoms with Gasteiger partial charge in [-0.3, -0.25) is 0 Å². The number of nitrogens with zero attached hydrogens (tertiary/aromatic N) is 4. The Morgan fingerprint density at radius 3 is 2.67 bits per heavy atom. The predicted octanol–water partition coefficient (Wildman–Crippen LogP) is 1.09. The van der Waals surface area contributed by atoms with Gasteiger partial charge in [0.2, 0.25) is 0 Å². The first kappa shape index (κ1) is 14.6. The van der Waals surface area contributed by atoms with E-state index >= 15 is 0 Å². The quantitative estimate of drug-likeness (QED) is 0.889. The molecular weight excluding hydrogens is 308 g/mol.